The average Bonchev–Trinajstić information content (AvgIpc) is 2.39. The van der Waals surface area contributed by atoms with Crippen molar-refractivity contribution in [2.24, 2.45) is 0 Å². The molecule has 0 saturated carbocycles. The van der Waals surface area contributed by atoms with Gasteiger partial charge in [-0.2, -0.15) is 0 Å². The summed E-state index contributed by atoms with van der Waals surface area (Å²) >= 11 is 5.76. The minimum atomic E-state index is -0.421. The van der Waals surface area contributed by atoms with Crippen LogP contribution in [0.15, 0.2) is 24.3 Å². The molecule has 0 saturated heterocycles. The fourth-order valence-corrected chi connectivity index (χ4v) is 1.55. The van der Waals surface area contributed by atoms with Crippen LogP contribution >= 0.6 is 11.6 Å². The van der Waals surface area contributed by atoms with Crippen molar-refractivity contribution in [2.75, 3.05) is 25.0 Å². The van der Waals surface area contributed by atoms with Crippen LogP contribution in [0.5, 0.6) is 0 Å². The van der Waals surface area contributed by atoms with Crippen LogP contribution in [0, 0.1) is 0 Å². The maximum atomic E-state index is 11.9. The Morgan fingerprint density at radius 3 is 2.42 bits per heavy atom. The number of carbonyl (C=O) groups excluding carboxylic acids is 2. The molecule has 0 unspecified atom stereocenters. The van der Waals surface area contributed by atoms with Gasteiger partial charge in [-0.05, 0) is 38.1 Å². The number of carbonyl (C=O) groups is 2. The first-order valence-electron chi connectivity index (χ1n) is 6.04. The SMILES string of the molecule is CCOC(=O)CN(CC)C(=O)Nc1ccc(Cl)cc1. The Kier molecular flexibility index (Phi) is 6.15. The quantitative estimate of drug-likeness (QED) is 0.846. The van der Waals surface area contributed by atoms with Gasteiger partial charge in [0.1, 0.15) is 6.54 Å². The number of ether oxygens (including phenoxy) is 1. The van der Waals surface area contributed by atoms with Crippen molar-refractivity contribution in [1.29, 1.82) is 0 Å². The van der Waals surface area contributed by atoms with Crippen LogP contribution in [-0.4, -0.2) is 36.6 Å². The summed E-state index contributed by atoms with van der Waals surface area (Å²) in [6, 6.07) is 6.40. The molecule has 0 aromatic heterocycles. The smallest absolute Gasteiger partial charge is 0.325 e. The van der Waals surface area contributed by atoms with Gasteiger partial charge >= 0.3 is 12.0 Å². The summed E-state index contributed by atoms with van der Waals surface area (Å²) < 4.78 is 4.81. The molecule has 1 N–H and O–H groups in total. The lowest BCUT2D eigenvalue weighted by Gasteiger charge is -2.20. The van der Waals surface area contributed by atoms with E-state index >= 15 is 0 Å². The van der Waals surface area contributed by atoms with Crippen LogP contribution < -0.4 is 5.32 Å². The second kappa shape index (κ2) is 7.63. The first-order valence-corrected chi connectivity index (χ1v) is 6.41. The molecule has 1 aromatic carbocycles. The van der Waals surface area contributed by atoms with E-state index < -0.39 is 5.97 Å². The van der Waals surface area contributed by atoms with Crippen LogP contribution in [0.1, 0.15) is 13.8 Å². The lowest BCUT2D eigenvalue weighted by molar-refractivity contribution is -0.143. The predicted octanol–water partition coefficient (Wildman–Crippen LogP) is 2.76. The van der Waals surface area contributed by atoms with Crippen molar-refractivity contribution in [1.82, 2.24) is 4.90 Å². The van der Waals surface area contributed by atoms with Crippen molar-refractivity contribution in [3.05, 3.63) is 29.3 Å². The number of esters is 1. The van der Waals surface area contributed by atoms with Crippen LogP contribution in [-0.2, 0) is 9.53 Å². The summed E-state index contributed by atoms with van der Waals surface area (Å²) in [5, 5.41) is 3.28. The summed E-state index contributed by atoms with van der Waals surface area (Å²) in [6.07, 6.45) is 0. The molecule has 0 atom stereocenters. The van der Waals surface area contributed by atoms with E-state index in [4.69, 9.17) is 16.3 Å². The Bertz CT molecular complexity index is 434. The maximum absolute atomic E-state index is 11.9. The zero-order valence-corrected chi connectivity index (χ0v) is 11.7. The lowest BCUT2D eigenvalue weighted by atomic mass is 10.3. The molecule has 0 aliphatic heterocycles. The lowest BCUT2D eigenvalue weighted by Crippen LogP contribution is -2.39. The highest BCUT2D eigenvalue weighted by Crippen LogP contribution is 2.13. The highest BCUT2D eigenvalue weighted by atomic mass is 35.5. The molecule has 1 aromatic rings. The molecular weight excluding hydrogens is 268 g/mol. The number of hydrogen-bond donors (Lipinski definition) is 1. The molecule has 2 amide bonds. The van der Waals surface area contributed by atoms with E-state index in [0.717, 1.165) is 0 Å². The Morgan fingerprint density at radius 2 is 1.89 bits per heavy atom. The number of amides is 2. The average molecular weight is 285 g/mol. The van der Waals surface area contributed by atoms with Gasteiger partial charge < -0.3 is 15.0 Å². The number of halogens is 1. The van der Waals surface area contributed by atoms with Crippen molar-refractivity contribution in [3.8, 4) is 0 Å². The van der Waals surface area contributed by atoms with E-state index in [9.17, 15) is 9.59 Å². The Labute approximate surface area is 117 Å². The second-order valence-corrected chi connectivity index (χ2v) is 4.19. The Hall–Kier alpha value is -1.75. The number of urea groups is 1. The topological polar surface area (TPSA) is 58.6 Å². The van der Waals surface area contributed by atoms with Gasteiger partial charge in [-0.1, -0.05) is 11.6 Å². The fourth-order valence-electron chi connectivity index (χ4n) is 1.43. The van der Waals surface area contributed by atoms with Crippen LogP contribution in [0.25, 0.3) is 0 Å². The Balaban J connectivity index is 2.58. The molecule has 5 nitrogen and oxygen atoms in total. The molecule has 19 heavy (non-hydrogen) atoms. The van der Waals surface area contributed by atoms with E-state index in [0.29, 0.717) is 23.9 Å². The van der Waals surface area contributed by atoms with Gasteiger partial charge in [-0.25, -0.2) is 4.79 Å². The molecule has 104 valence electrons. The fraction of sp³-hybridized carbons (Fsp3) is 0.385. The normalized spacial score (nSPS) is 9.84. The maximum Gasteiger partial charge on any atom is 0.325 e. The highest BCUT2D eigenvalue weighted by Gasteiger charge is 2.16. The Morgan fingerprint density at radius 1 is 1.26 bits per heavy atom. The standard InChI is InChI=1S/C13H17ClN2O3/c1-3-16(9-12(17)19-4-2)13(18)15-11-7-5-10(14)6-8-11/h5-8H,3-4,9H2,1-2H3,(H,15,18). The second-order valence-electron chi connectivity index (χ2n) is 3.76. The zero-order valence-electron chi connectivity index (χ0n) is 11.0. The summed E-state index contributed by atoms with van der Waals surface area (Å²) in [6.45, 7) is 4.17. The van der Waals surface area contributed by atoms with E-state index in [1.807, 2.05) is 0 Å². The third kappa shape index (κ3) is 5.18. The predicted molar refractivity (Wildman–Crippen MR) is 74.4 cm³/mol. The van der Waals surface area contributed by atoms with E-state index in [1.165, 1.54) is 4.90 Å². The molecule has 0 aliphatic rings. The molecular formula is C13H17ClN2O3. The van der Waals surface area contributed by atoms with E-state index in [1.54, 1.807) is 38.1 Å². The van der Waals surface area contributed by atoms with Gasteiger partial charge in [0.2, 0.25) is 0 Å². The van der Waals surface area contributed by atoms with Crippen molar-refractivity contribution in [2.45, 2.75) is 13.8 Å². The van der Waals surface area contributed by atoms with Gasteiger partial charge in [0.05, 0.1) is 6.61 Å². The molecule has 0 spiro atoms. The summed E-state index contributed by atoms with van der Waals surface area (Å²) in [5.74, 6) is -0.421. The van der Waals surface area contributed by atoms with Gasteiger partial charge in [-0.3, -0.25) is 4.79 Å². The van der Waals surface area contributed by atoms with Crippen LogP contribution in [0.3, 0.4) is 0 Å². The van der Waals surface area contributed by atoms with Gasteiger partial charge in [0, 0.05) is 17.3 Å². The number of nitrogens with one attached hydrogen (secondary N) is 1. The van der Waals surface area contributed by atoms with E-state index in [2.05, 4.69) is 5.32 Å². The summed E-state index contributed by atoms with van der Waals surface area (Å²) in [4.78, 5) is 24.7. The number of benzene rings is 1. The van der Waals surface area contributed by atoms with Crippen LogP contribution in [0.2, 0.25) is 5.02 Å². The molecule has 0 bridgehead atoms. The van der Waals surface area contributed by atoms with Gasteiger partial charge in [-0.15, -0.1) is 0 Å². The van der Waals surface area contributed by atoms with Crippen LogP contribution in [0.4, 0.5) is 10.5 Å². The zero-order chi connectivity index (χ0) is 14.3. The first kappa shape index (κ1) is 15.3. The first-order chi connectivity index (χ1) is 9.06. The molecule has 1 rings (SSSR count). The molecule has 0 fully saturated rings. The minimum Gasteiger partial charge on any atom is -0.465 e. The molecule has 0 heterocycles. The molecule has 6 heteroatoms. The number of nitrogens with zero attached hydrogens (tertiary/aromatic N) is 1. The monoisotopic (exact) mass is 284 g/mol. The van der Waals surface area contributed by atoms with Crippen molar-refractivity contribution < 1.29 is 14.3 Å². The summed E-state index contributed by atoms with van der Waals surface area (Å²) in [5.41, 5.74) is 0.622. The third-order valence-corrected chi connectivity index (χ3v) is 2.64. The number of anilines is 1. The molecule has 0 radical (unpaired) electrons. The third-order valence-electron chi connectivity index (χ3n) is 2.39. The van der Waals surface area contributed by atoms with Crippen molar-refractivity contribution in [3.63, 3.8) is 0 Å². The van der Waals surface area contributed by atoms with Gasteiger partial charge in [0.25, 0.3) is 0 Å². The highest BCUT2D eigenvalue weighted by molar-refractivity contribution is 6.30. The number of rotatable bonds is 5. The van der Waals surface area contributed by atoms with E-state index in [-0.39, 0.29) is 12.6 Å². The number of hydrogen-bond acceptors (Lipinski definition) is 3. The largest absolute Gasteiger partial charge is 0.465 e. The summed E-state index contributed by atoms with van der Waals surface area (Å²) in [7, 11) is 0. The molecule has 0 aliphatic carbocycles. The minimum absolute atomic E-state index is 0.0657. The number of likely N-dealkylation sites (N-methyl/N-ethyl adjacent to an activating group) is 1. The van der Waals surface area contributed by atoms with Gasteiger partial charge in [0.15, 0.2) is 0 Å². The van der Waals surface area contributed by atoms with Crippen molar-refractivity contribution >= 4 is 29.3 Å².